The highest BCUT2D eigenvalue weighted by Crippen LogP contribution is 2.26. The normalized spacial score (nSPS) is 10.4. The lowest BCUT2D eigenvalue weighted by Crippen LogP contribution is -2.15. The molecule has 4 aromatic rings. The van der Waals surface area contributed by atoms with Crippen LogP contribution in [-0.2, 0) is 4.79 Å². The molecule has 1 amide bonds. The SMILES string of the molecule is CC(=O)Oc1ccccc1C(=O)Nc1ccc(C)c(Nc2nccc(-c3cccnc3)n2)c1. The Morgan fingerprint density at radius 1 is 0.970 bits per heavy atom. The first-order valence-corrected chi connectivity index (χ1v) is 10.2. The molecule has 4 rings (SSSR count). The van der Waals surface area contributed by atoms with E-state index in [1.165, 1.54) is 6.92 Å². The first-order chi connectivity index (χ1) is 16.0. The number of hydrogen-bond donors (Lipinski definition) is 2. The van der Waals surface area contributed by atoms with Crippen LogP contribution in [0, 0.1) is 6.92 Å². The van der Waals surface area contributed by atoms with Crippen molar-refractivity contribution in [1.29, 1.82) is 0 Å². The Balaban J connectivity index is 1.55. The van der Waals surface area contributed by atoms with Crippen LogP contribution in [0.5, 0.6) is 5.75 Å². The van der Waals surface area contributed by atoms with Gasteiger partial charge in [-0.3, -0.25) is 14.6 Å². The maximum absolute atomic E-state index is 12.8. The number of hydrogen-bond acceptors (Lipinski definition) is 7. The monoisotopic (exact) mass is 439 g/mol. The summed E-state index contributed by atoms with van der Waals surface area (Å²) in [5, 5.41) is 6.05. The molecule has 0 spiro atoms. The fraction of sp³-hybridized carbons (Fsp3) is 0.0800. The summed E-state index contributed by atoms with van der Waals surface area (Å²) < 4.78 is 5.14. The number of amides is 1. The summed E-state index contributed by atoms with van der Waals surface area (Å²) in [5.74, 6) is -0.265. The number of anilines is 3. The molecule has 2 heterocycles. The van der Waals surface area contributed by atoms with Crippen LogP contribution < -0.4 is 15.4 Å². The van der Waals surface area contributed by atoms with Gasteiger partial charge in [0.25, 0.3) is 5.91 Å². The number of pyridine rings is 1. The smallest absolute Gasteiger partial charge is 0.308 e. The number of carbonyl (C=O) groups is 2. The van der Waals surface area contributed by atoms with Crippen molar-refractivity contribution >= 4 is 29.2 Å². The van der Waals surface area contributed by atoms with Crippen molar-refractivity contribution in [3.8, 4) is 17.0 Å². The van der Waals surface area contributed by atoms with Crippen LogP contribution in [0.15, 0.2) is 79.3 Å². The Morgan fingerprint density at radius 2 is 1.82 bits per heavy atom. The van der Waals surface area contributed by atoms with Gasteiger partial charge in [-0.2, -0.15) is 0 Å². The molecule has 0 aliphatic carbocycles. The molecule has 0 bridgehead atoms. The number of ether oxygens (including phenoxy) is 1. The number of esters is 1. The van der Waals surface area contributed by atoms with Crippen molar-refractivity contribution < 1.29 is 14.3 Å². The average Bonchev–Trinajstić information content (AvgIpc) is 2.82. The maximum Gasteiger partial charge on any atom is 0.308 e. The first-order valence-electron chi connectivity index (χ1n) is 10.2. The van der Waals surface area contributed by atoms with Crippen LogP contribution in [0.2, 0.25) is 0 Å². The molecule has 164 valence electrons. The average molecular weight is 439 g/mol. The van der Waals surface area contributed by atoms with Crippen molar-refractivity contribution in [3.63, 3.8) is 0 Å². The Hall–Kier alpha value is -4.59. The fourth-order valence-electron chi connectivity index (χ4n) is 3.15. The second-order valence-electron chi connectivity index (χ2n) is 7.21. The number of aromatic nitrogens is 3. The topological polar surface area (TPSA) is 106 Å². The van der Waals surface area contributed by atoms with Crippen molar-refractivity contribution in [3.05, 3.63) is 90.4 Å². The third-order valence-electron chi connectivity index (χ3n) is 4.74. The van der Waals surface area contributed by atoms with Gasteiger partial charge in [-0.15, -0.1) is 0 Å². The van der Waals surface area contributed by atoms with Gasteiger partial charge in [0.05, 0.1) is 11.3 Å². The lowest BCUT2D eigenvalue weighted by atomic mass is 10.1. The fourth-order valence-corrected chi connectivity index (χ4v) is 3.15. The van der Waals surface area contributed by atoms with E-state index in [1.54, 1.807) is 55.0 Å². The summed E-state index contributed by atoms with van der Waals surface area (Å²) in [5.41, 5.74) is 4.13. The van der Waals surface area contributed by atoms with Crippen LogP contribution in [-0.4, -0.2) is 26.8 Å². The highest BCUT2D eigenvalue weighted by Gasteiger charge is 2.14. The summed E-state index contributed by atoms with van der Waals surface area (Å²) >= 11 is 0. The summed E-state index contributed by atoms with van der Waals surface area (Å²) in [6.07, 6.45) is 5.11. The molecule has 0 aliphatic heterocycles. The largest absolute Gasteiger partial charge is 0.426 e. The van der Waals surface area contributed by atoms with Gasteiger partial charge in [-0.1, -0.05) is 18.2 Å². The van der Waals surface area contributed by atoms with Gasteiger partial charge in [0.1, 0.15) is 5.75 Å². The summed E-state index contributed by atoms with van der Waals surface area (Å²) in [4.78, 5) is 37.1. The van der Waals surface area contributed by atoms with Gasteiger partial charge >= 0.3 is 5.97 Å². The van der Waals surface area contributed by atoms with Crippen LogP contribution in [0.4, 0.5) is 17.3 Å². The zero-order valence-electron chi connectivity index (χ0n) is 18.1. The quantitative estimate of drug-likeness (QED) is 0.329. The van der Waals surface area contributed by atoms with E-state index in [-0.39, 0.29) is 11.3 Å². The second kappa shape index (κ2) is 9.69. The predicted molar refractivity (Wildman–Crippen MR) is 125 cm³/mol. The minimum Gasteiger partial charge on any atom is -0.426 e. The van der Waals surface area contributed by atoms with Gasteiger partial charge in [0.15, 0.2) is 0 Å². The molecular formula is C25H21N5O3. The van der Waals surface area contributed by atoms with E-state index < -0.39 is 11.9 Å². The predicted octanol–water partition coefficient (Wildman–Crippen LogP) is 4.77. The molecule has 0 unspecified atom stereocenters. The zero-order valence-corrected chi connectivity index (χ0v) is 18.1. The summed E-state index contributed by atoms with van der Waals surface area (Å²) in [6, 6.07) is 17.6. The molecule has 0 aliphatic rings. The summed E-state index contributed by atoms with van der Waals surface area (Å²) in [6.45, 7) is 3.23. The van der Waals surface area contributed by atoms with E-state index in [0.29, 0.717) is 11.6 Å². The van der Waals surface area contributed by atoms with Gasteiger partial charge in [-0.05, 0) is 55.0 Å². The molecule has 0 fully saturated rings. The molecule has 0 atom stereocenters. The van der Waals surface area contributed by atoms with Crippen LogP contribution in [0.25, 0.3) is 11.3 Å². The number of carbonyl (C=O) groups excluding carboxylic acids is 2. The van der Waals surface area contributed by atoms with E-state index >= 15 is 0 Å². The summed E-state index contributed by atoms with van der Waals surface area (Å²) in [7, 11) is 0. The molecule has 0 saturated carbocycles. The number of para-hydroxylation sites is 1. The zero-order chi connectivity index (χ0) is 23.2. The van der Waals surface area contributed by atoms with Crippen LogP contribution >= 0.6 is 0 Å². The molecule has 8 heteroatoms. The highest BCUT2D eigenvalue weighted by atomic mass is 16.5. The third-order valence-corrected chi connectivity index (χ3v) is 4.74. The van der Waals surface area contributed by atoms with Crippen molar-refractivity contribution in [2.24, 2.45) is 0 Å². The van der Waals surface area contributed by atoms with Crippen LogP contribution in [0.3, 0.4) is 0 Å². The molecule has 8 nitrogen and oxygen atoms in total. The van der Waals surface area contributed by atoms with Crippen molar-refractivity contribution in [1.82, 2.24) is 15.0 Å². The Kier molecular flexibility index (Phi) is 6.36. The van der Waals surface area contributed by atoms with Gasteiger partial charge in [-0.25, -0.2) is 9.97 Å². The van der Waals surface area contributed by atoms with Crippen LogP contribution in [0.1, 0.15) is 22.8 Å². The molecule has 0 saturated heterocycles. The second-order valence-corrected chi connectivity index (χ2v) is 7.21. The molecular weight excluding hydrogens is 418 g/mol. The standard InChI is InChI=1S/C25H21N5O3/c1-16-9-10-19(28-24(32)20-7-3-4-8-23(20)33-17(2)31)14-22(16)30-25-27-13-11-21(29-25)18-6-5-12-26-15-18/h3-15H,1-2H3,(H,28,32)(H,27,29,30). The van der Waals surface area contributed by atoms with Crippen molar-refractivity contribution in [2.75, 3.05) is 10.6 Å². The lowest BCUT2D eigenvalue weighted by molar-refractivity contribution is -0.131. The highest BCUT2D eigenvalue weighted by molar-refractivity contribution is 6.06. The van der Waals surface area contributed by atoms with E-state index in [2.05, 4.69) is 25.6 Å². The molecule has 2 aromatic carbocycles. The van der Waals surface area contributed by atoms with E-state index in [4.69, 9.17) is 4.74 Å². The number of benzene rings is 2. The number of aryl methyl sites for hydroxylation is 1. The lowest BCUT2D eigenvalue weighted by Gasteiger charge is -2.13. The minimum absolute atomic E-state index is 0.202. The minimum atomic E-state index is -0.495. The third kappa shape index (κ3) is 5.37. The van der Waals surface area contributed by atoms with E-state index in [0.717, 1.165) is 22.5 Å². The molecule has 2 N–H and O–H groups in total. The van der Waals surface area contributed by atoms with Gasteiger partial charge in [0.2, 0.25) is 5.95 Å². The van der Waals surface area contributed by atoms with E-state index in [9.17, 15) is 9.59 Å². The molecule has 2 aromatic heterocycles. The Bertz CT molecular complexity index is 1310. The Labute approximate surface area is 190 Å². The first kappa shape index (κ1) is 21.6. The molecule has 0 radical (unpaired) electrons. The maximum atomic E-state index is 12.8. The number of nitrogens with zero attached hydrogens (tertiary/aromatic N) is 3. The number of rotatable bonds is 6. The number of nitrogens with one attached hydrogen (secondary N) is 2. The van der Waals surface area contributed by atoms with Gasteiger partial charge < -0.3 is 15.4 Å². The molecule has 33 heavy (non-hydrogen) atoms. The Morgan fingerprint density at radius 3 is 2.61 bits per heavy atom. The van der Waals surface area contributed by atoms with E-state index in [1.807, 2.05) is 31.2 Å². The van der Waals surface area contributed by atoms with Gasteiger partial charge in [0, 0.05) is 42.5 Å². The van der Waals surface area contributed by atoms with Crippen molar-refractivity contribution in [2.45, 2.75) is 13.8 Å².